The molecule has 0 aliphatic carbocycles. The fraction of sp³-hybridized carbons (Fsp3) is 0.188. The van der Waals surface area contributed by atoms with Crippen LogP contribution in [0.4, 0.5) is 15.8 Å². The van der Waals surface area contributed by atoms with Crippen LogP contribution in [-0.2, 0) is 0 Å². The number of halogens is 1. The quantitative estimate of drug-likeness (QED) is 0.928. The molecule has 20 heavy (non-hydrogen) atoms. The number of nitrogens with two attached hydrogens (primary N) is 1. The first kappa shape index (κ1) is 14.0. The van der Waals surface area contributed by atoms with Crippen LogP contribution in [0.1, 0.15) is 24.1 Å². The highest BCUT2D eigenvalue weighted by atomic mass is 19.1. The molecule has 2 rings (SSSR count). The van der Waals surface area contributed by atoms with E-state index >= 15 is 0 Å². The normalized spacial score (nSPS) is 11.8. The summed E-state index contributed by atoms with van der Waals surface area (Å²) in [6.07, 6.45) is 0. The Morgan fingerprint density at radius 1 is 1.20 bits per heavy atom. The minimum atomic E-state index is -0.317. The molecule has 2 aromatic rings. The van der Waals surface area contributed by atoms with Gasteiger partial charge in [-0.3, -0.25) is 0 Å². The van der Waals surface area contributed by atoms with Crippen LogP contribution >= 0.6 is 0 Å². The third kappa shape index (κ3) is 2.63. The van der Waals surface area contributed by atoms with Crippen molar-refractivity contribution in [1.29, 1.82) is 5.26 Å². The summed E-state index contributed by atoms with van der Waals surface area (Å²) >= 11 is 0. The highest BCUT2D eigenvalue weighted by Gasteiger charge is 2.15. The van der Waals surface area contributed by atoms with E-state index in [-0.39, 0.29) is 11.9 Å². The summed E-state index contributed by atoms with van der Waals surface area (Å²) in [5, 5.41) is 9.18. The Labute approximate surface area is 118 Å². The van der Waals surface area contributed by atoms with Crippen LogP contribution in [0.3, 0.4) is 0 Å². The number of nitrogens with zero attached hydrogens (tertiary/aromatic N) is 2. The van der Waals surface area contributed by atoms with E-state index in [0.29, 0.717) is 11.1 Å². The average molecular weight is 269 g/mol. The van der Waals surface area contributed by atoms with Gasteiger partial charge in [0.1, 0.15) is 11.9 Å². The Hall–Kier alpha value is -2.38. The number of nitriles is 1. The van der Waals surface area contributed by atoms with Crippen LogP contribution in [0.5, 0.6) is 0 Å². The molecule has 1 unspecified atom stereocenters. The molecule has 0 aliphatic heterocycles. The number of benzene rings is 2. The van der Waals surface area contributed by atoms with Gasteiger partial charge in [0.25, 0.3) is 0 Å². The fourth-order valence-electron chi connectivity index (χ4n) is 2.19. The van der Waals surface area contributed by atoms with E-state index in [1.165, 1.54) is 12.1 Å². The molecule has 0 aromatic heterocycles. The lowest BCUT2D eigenvalue weighted by molar-refractivity contribution is 0.622. The van der Waals surface area contributed by atoms with E-state index in [1.54, 1.807) is 12.1 Å². The Kier molecular flexibility index (Phi) is 4.02. The van der Waals surface area contributed by atoms with Crippen molar-refractivity contribution in [3.05, 3.63) is 59.4 Å². The Morgan fingerprint density at radius 2 is 1.90 bits per heavy atom. The molecule has 2 N–H and O–H groups in total. The number of para-hydroxylation sites is 1. The minimum Gasteiger partial charge on any atom is -0.343 e. The van der Waals surface area contributed by atoms with Crippen LogP contribution in [0.15, 0.2) is 42.5 Å². The summed E-state index contributed by atoms with van der Waals surface area (Å²) < 4.78 is 13.4. The van der Waals surface area contributed by atoms with Crippen molar-refractivity contribution in [2.75, 3.05) is 11.9 Å². The smallest absolute Gasteiger partial charge is 0.123 e. The fourth-order valence-corrected chi connectivity index (χ4v) is 2.19. The predicted octanol–water partition coefficient (Wildman–Crippen LogP) is 3.48. The van der Waals surface area contributed by atoms with Gasteiger partial charge in [-0.2, -0.15) is 5.26 Å². The van der Waals surface area contributed by atoms with Gasteiger partial charge in [-0.15, -0.1) is 0 Å². The highest BCUT2D eigenvalue weighted by Crippen LogP contribution is 2.32. The van der Waals surface area contributed by atoms with Crippen molar-refractivity contribution < 1.29 is 4.39 Å². The van der Waals surface area contributed by atoms with Crippen LogP contribution in [0.25, 0.3) is 0 Å². The van der Waals surface area contributed by atoms with Crippen LogP contribution in [0.2, 0.25) is 0 Å². The lowest BCUT2D eigenvalue weighted by Gasteiger charge is -2.25. The lowest BCUT2D eigenvalue weighted by Crippen LogP contribution is -2.16. The molecule has 0 heterocycles. The maximum atomic E-state index is 13.4. The summed E-state index contributed by atoms with van der Waals surface area (Å²) in [6.45, 7) is 1.81. The van der Waals surface area contributed by atoms with E-state index in [2.05, 4.69) is 6.07 Å². The van der Waals surface area contributed by atoms with E-state index in [0.717, 1.165) is 11.4 Å². The molecule has 0 amide bonds. The van der Waals surface area contributed by atoms with Gasteiger partial charge in [-0.05, 0) is 42.8 Å². The SMILES string of the molecule is CC(N)c1cc(F)ccc1N(C)c1ccccc1C#N. The molecule has 0 bridgehead atoms. The minimum absolute atomic E-state index is 0.294. The Balaban J connectivity index is 2.54. The van der Waals surface area contributed by atoms with Gasteiger partial charge in [0, 0.05) is 18.8 Å². The maximum absolute atomic E-state index is 13.4. The van der Waals surface area contributed by atoms with E-state index < -0.39 is 0 Å². The van der Waals surface area contributed by atoms with Crippen molar-refractivity contribution in [2.45, 2.75) is 13.0 Å². The van der Waals surface area contributed by atoms with Gasteiger partial charge in [0.15, 0.2) is 0 Å². The van der Waals surface area contributed by atoms with Gasteiger partial charge in [-0.25, -0.2) is 4.39 Å². The molecule has 3 nitrogen and oxygen atoms in total. The second-order valence-corrected chi connectivity index (χ2v) is 4.68. The number of anilines is 2. The van der Waals surface area contributed by atoms with E-state index in [1.807, 2.05) is 37.1 Å². The van der Waals surface area contributed by atoms with Crippen LogP contribution < -0.4 is 10.6 Å². The summed E-state index contributed by atoms with van der Waals surface area (Å²) in [6, 6.07) is 13.7. The molecular formula is C16H16FN3. The van der Waals surface area contributed by atoms with Crippen molar-refractivity contribution in [3.8, 4) is 6.07 Å². The van der Waals surface area contributed by atoms with Crippen LogP contribution in [-0.4, -0.2) is 7.05 Å². The zero-order valence-corrected chi connectivity index (χ0v) is 11.5. The van der Waals surface area contributed by atoms with Gasteiger partial charge in [-0.1, -0.05) is 12.1 Å². The predicted molar refractivity (Wildman–Crippen MR) is 78.2 cm³/mol. The molecule has 0 radical (unpaired) electrons. The third-order valence-corrected chi connectivity index (χ3v) is 3.23. The summed E-state index contributed by atoms with van der Waals surface area (Å²) in [5.41, 5.74) is 8.75. The van der Waals surface area contributed by atoms with Gasteiger partial charge in [0.2, 0.25) is 0 Å². The zero-order valence-electron chi connectivity index (χ0n) is 11.5. The Morgan fingerprint density at radius 3 is 2.55 bits per heavy atom. The first-order chi connectivity index (χ1) is 9.54. The standard InChI is InChI=1S/C16H16FN3/c1-11(19)14-9-13(17)7-8-16(14)20(2)15-6-4-3-5-12(15)10-18/h3-9,11H,19H2,1-2H3. The second kappa shape index (κ2) is 5.72. The highest BCUT2D eigenvalue weighted by molar-refractivity contribution is 5.71. The Bertz CT molecular complexity index is 659. The molecule has 0 spiro atoms. The number of rotatable bonds is 3. The molecule has 1 atom stereocenters. The van der Waals surface area contributed by atoms with Crippen molar-refractivity contribution in [3.63, 3.8) is 0 Å². The molecule has 4 heteroatoms. The number of hydrogen-bond donors (Lipinski definition) is 1. The van der Waals surface area contributed by atoms with Crippen molar-refractivity contribution >= 4 is 11.4 Å². The molecular weight excluding hydrogens is 253 g/mol. The summed E-state index contributed by atoms with van der Waals surface area (Å²) in [7, 11) is 1.84. The van der Waals surface area contributed by atoms with Gasteiger partial charge >= 0.3 is 0 Å². The maximum Gasteiger partial charge on any atom is 0.123 e. The summed E-state index contributed by atoms with van der Waals surface area (Å²) in [5.74, 6) is -0.317. The van der Waals surface area contributed by atoms with E-state index in [9.17, 15) is 9.65 Å². The first-order valence-corrected chi connectivity index (χ1v) is 6.32. The monoisotopic (exact) mass is 269 g/mol. The van der Waals surface area contributed by atoms with Crippen LogP contribution in [0, 0.1) is 17.1 Å². The van der Waals surface area contributed by atoms with Crippen molar-refractivity contribution in [2.24, 2.45) is 5.73 Å². The van der Waals surface area contributed by atoms with Crippen molar-refractivity contribution in [1.82, 2.24) is 0 Å². The molecule has 0 aliphatic rings. The first-order valence-electron chi connectivity index (χ1n) is 6.32. The second-order valence-electron chi connectivity index (χ2n) is 4.68. The zero-order chi connectivity index (χ0) is 14.7. The molecule has 0 saturated heterocycles. The average Bonchev–Trinajstić information content (AvgIpc) is 2.46. The topological polar surface area (TPSA) is 53.0 Å². The molecule has 0 saturated carbocycles. The molecule has 2 aromatic carbocycles. The van der Waals surface area contributed by atoms with Gasteiger partial charge in [0.05, 0.1) is 11.3 Å². The van der Waals surface area contributed by atoms with Gasteiger partial charge < -0.3 is 10.6 Å². The summed E-state index contributed by atoms with van der Waals surface area (Å²) in [4.78, 5) is 1.86. The van der Waals surface area contributed by atoms with E-state index in [4.69, 9.17) is 5.73 Å². The lowest BCUT2D eigenvalue weighted by atomic mass is 10.0. The molecule has 0 fully saturated rings. The molecule has 102 valence electrons. The third-order valence-electron chi connectivity index (χ3n) is 3.23. The number of hydrogen-bond acceptors (Lipinski definition) is 3. The largest absolute Gasteiger partial charge is 0.343 e.